The molecule has 1 aromatic rings. The van der Waals surface area contributed by atoms with E-state index in [1.807, 2.05) is 0 Å². The zero-order chi connectivity index (χ0) is 14.2. The van der Waals surface area contributed by atoms with Gasteiger partial charge in [0.25, 0.3) is 0 Å². The van der Waals surface area contributed by atoms with E-state index >= 15 is 0 Å². The summed E-state index contributed by atoms with van der Waals surface area (Å²) >= 11 is 3.65. The topological polar surface area (TPSA) is 21.3 Å². The van der Waals surface area contributed by atoms with Gasteiger partial charge in [0.1, 0.15) is 5.75 Å². The molecule has 0 spiro atoms. The molecule has 1 aliphatic rings. The van der Waals surface area contributed by atoms with Gasteiger partial charge in [-0.25, -0.2) is 0 Å². The third-order valence-electron chi connectivity index (χ3n) is 3.88. The largest absolute Gasteiger partial charge is 0.489 e. The van der Waals surface area contributed by atoms with Gasteiger partial charge in [0.15, 0.2) is 0 Å². The van der Waals surface area contributed by atoms with Gasteiger partial charge in [-0.1, -0.05) is 31.9 Å². The lowest BCUT2D eigenvalue weighted by Crippen LogP contribution is -2.19. The predicted molar refractivity (Wildman–Crippen MR) is 88.3 cm³/mol. The Kier molecular flexibility index (Phi) is 6.88. The number of para-hydroxylation sites is 1. The van der Waals surface area contributed by atoms with Crippen molar-refractivity contribution in [2.75, 3.05) is 6.54 Å². The van der Waals surface area contributed by atoms with Gasteiger partial charge in [-0.05, 0) is 60.6 Å². The molecule has 3 heteroatoms. The Morgan fingerprint density at radius 2 is 1.95 bits per heavy atom. The first-order chi connectivity index (χ1) is 9.81. The average Bonchev–Trinajstić information content (AvgIpc) is 2.71. The molecule has 0 radical (unpaired) electrons. The number of rotatable bonds is 6. The Labute approximate surface area is 131 Å². The van der Waals surface area contributed by atoms with E-state index in [2.05, 4.69) is 46.4 Å². The molecule has 0 atom stereocenters. The first kappa shape index (κ1) is 15.8. The maximum atomic E-state index is 6.34. The zero-order valence-electron chi connectivity index (χ0n) is 12.5. The highest BCUT2D eigenvalue weighted by Crippen LogP contribution is 2.32. The van der Waals surface area contributed by atoms with E-state index in [-0.39, 0.29) is 0 Å². The van der Waals surface area contributed by atoms with Crippen molar-refractivity contribution in [1.29, 1.82) is 0 Å². The van der Waals surface area contributed by atoms with Gasteiger partial charge in [-0.2, -0.15) is 0 Å². The summed E-state index contributed by atoms with van der Waals surface area (Å²) in [5.41, 5.74) is 1.26. The molecule has 1 aliphatic carbocycles. The van der Waals surface area contributed by atoms with Crippen molar-refractivity contribution in [1.82, 2.24) is 5.32 Å². The van der Waals surface area contributed by atoms with Crippen LogP contribution in [-0.2, 0) is 6.54 Å². The lowest BCUT2D eigenvalue weighted by molar-refractivity contribution is 0.180. The third-order valence-corrected chi connectivity index (χ3v) is 4.50. The highest BCUT2D eigenvalue weighted by Gasteiger charge is 2.17. The van der Waals surface area contributed by atoms with Crippen molar-refractivity contribution in [3.05, 3.63) is 28.2 Å². The van der Waals surface area contributed by atoms with Crippen LogP contribution in [0.2, 0.25) is 0 Å². The molecule has 112 valence electrons. The van der Waals surface area contributed by atoms with E-state index in [0.29, 0.717) is 6.10 Å². The fraction of sp³-hybridized carbons (Fsp3) is 0.647. The molecule has 0 unspecified atom stereocenters. The number of nitrogens with one attached hydrogen (secondary N) is 1. The van der Waals surface area contributed by atoms with Gasteiger partial charge in [-0.15, -0.1) is 0 Å². The second-order valence-electron chi connectivity index (χ2n) is 5.64. The van der Waals surface area contributed by atoms with Crippen molar-refractivity contribution in [2.24, 2.45) is 0 Å². The van der Waals surface area contributed by atoms with Crippen LogP contribution in [0, 0.1) is 0 Å². The Bertz CT molecular complexity index is 400. The summed E-state index contributed by atoms with van der Waals surface area (Å²) in [6.07, 6.45) is 9.28. The molecule has 1 aromatic carbocycles. The molecule has 0 amide bonds. The molecule has 2 rings (SSSR count). The minimum atomic E-state index is 0.390. The minimum Gasteiger partial charge on any atom is -0.489 e. The quantitative estimate of drug-likeness (QED) is 0.578. The molecular formula is C17H26BrNO. The standard InChI is InChI=1S/C17H26BrNO/c1-2-12-19-13-14-8-7-11-16(18)17(14)20-15-9-5-3-4-6-10-15/h7-8,11,15,19H,2-6,9-10,12-13H2,1H3. The summed E-state index contributed by atoms with van der Waals surface area (Å²) in [4.78, 5) is 0. The number of ether oxygens (including phenoxy) is 1. The Hall–Kier alpha value is -0.540. The normalized spacial score (nSPS) is 16.9. The molecule has 1 fully saturated rings. The van der Waals surface area contributed by atoms with Gasteiger partial charge in [0.05, 0.1) is 10.6 Å². The zero-order valence-corrected chi connectivity index (χ0v) is 14.0. The fourth-order valence-corrected chi connectivity index (χ4v) is 3.25. The molecule has 20 heavy (non-hydrogen) atoms. The highest BCUT2D eigenvalue weighted by atomic mass is 79.9. The summed E-state index contributed by atoms with van der Waals surface area (Å²) in [5.74, 6) is 1.04. The van der Waals surface area contributed by atoms with Crippen LogP contribution >= 0.6 is 15.9 Å². The van der Waals surface area contributed by atoms with Crippen molar-refractivity contribution < 1.29 is 4.74 Å². The Balaban J connectivity index is 2.04. The highest BCUT2D eigenvalue weighted by molar-refractivity contribution is 9.10. The van der Waals surface area contributed by atoms with Crippen LogP contribution in [0.25, 0.3) is 0 Å². The fourth-order valence-electron chi connectivity index (χ4n) is 2.75. The van der Waals surface area contributed by atoms with E-state index in [4.69, 9.17) is 4.74 Å². The van der Waals surface area contributed by atoms with Gasteiger partial charge < -0.3 is 10.1 Å². The first-order valence-electron chi connectivity index (χ1n) is 7.96. The summed E-state index contributed by atoms with van der Waals surface area (Å²) < 4.78 is 7.42. The van der Waals surface area contributed by atoms with Gasteiger partial charge in [-0.3, -0.25) is 0 Å². The van der Waals surface area contributed by atoms with E-state index < -0.39 is 0 Å². The Morgan fingerprint density at radius 1 is 1.20 bits per heavy atom. The van der Waals surface area contributed by atoms with Crippen LogP contribution in [0.4, 0.5) is 0 Å². The number of hydrogen-bond acceptors (Lipinski definition) is 2. The van der Waals surface area contributed by atoms with E-state index in [1.165, 1.54) is 44.1 Å². The predicted octanol–water partition coefficient (Wildman–Crippen LogP) is 5.05. The van der Waals surface area contributed by atoms with Crippen molar-refractivity contribution in [2.45, 2.75) is 64.5 Å². The lowest BCUT2D eigenvalue weighted by atomic mass is 10.1. The van der Waals surface area contributed by atoms with Gasteiger partial charge in [0, 0.05) is 12.1 Å². The van der Waals surface area contributed by atoms with Crippen LogP contribution in [0.3, 0.4) is 0 Å². The van der Waals surface area contributed by atoms with Crippen molar-refractivity contribution in [3.63, 3.8) is 0 Å². The number of hydrogen-bond donors (Lipinski definition) is 1. The van der Waals surface area contributed by atoms with Crippen LogP contribution in [0.5, 0.6) is 5.75 Å². The third kappa shape index (κ3) is 4.78. The van der Waals surface area contributed by atoms with Crippen LogP contribution < -0.4 is 10.1 Å². The van der Waals surface area contributed by atoms with Gasteiger partial charge >= 0.3 is 0 Å². The second kappa shape index (κ2) is 8.68. The molecule has 1 saturated carbocycles. The summed E-state index contributed by atoms with van der Waals surface area (Å²) in [5, 5.41) is 3.47. The minimum absolute atomic E-state index is 0.390. The van der Waals surface area contributed by atoms with Crippen LogP contribution in [0.15, 0.2) is 22.7 Å². The van der Waals surface area contributed by atoms with Crippen molar-refractivity contribution >= 4 is 15.9 Å². The summed E-state index contributed by atoms with van der Waals surface area (Å²) in [7, 11) is 0. The summed E-state index contributed by atoms with van der Waals surface area (Å²) in [6, 6.07) is 6.34. The molecule has 1 N–H and O–H groups in total. The van der Waals surface area contributed by atoms with Crippen LogP contribution in [-0.4, -0.2) is 12.6 Å². The monoisotopic (exact) mass is 339 g/mol. The molecule has 0 bridgehead atoms. The van der Waals surface area contributed by atoms with E-state index in [1.54, 1.807) is 0 Å². The number of benzene rings is 1. The second-order valence-corrected chi connectivity index (χ2v) is 6.49. The summed E-state index contributed by atoms with van der Waals surface area (Å²) in [6.45, 7) is 4.13. The van der Waals surface area contributed by atoms with Gasteiger partial charge in [0.2, 0.25) is 0 Å². The van der Waals surface area contributed by atoms with E-state index in [9.17, 15) is 0 Å². The maximum Gasteiger partial charge on any atom is 0.138 e. The molecule has 0 heterocycles. The number of halogens is 1. The molecule has 0 aromatic heterocycles. The molecular weight excluding hydrogens is 314 g/mol. The molecule has 0 saturated heterocycles. The maximum absolute atomic E-state index is 6.34. The molecule has 0 aliphatic heterocycles. The average molecular weight is 340 g/mol. The van der Waals surface area contributed by atoms with Crippen molar-refractivity contribution in [3.8, 4) is 5.75 Å². The molecule has 2 nitrogen and oxygen atoms in total. The smallest absolute Gasteiger partial charge is 0.138 e. The SMILES string of the molecule is CCCNCc1cccc(Br)c1OC1CCCCCC1. The Morgan fingerprint density at radius 3 is 2.65 bits per heavy atom. The van der Waals surface area contributed by atoms with Crippen LogP contribution in [0.1, 0.15) is 57.4 Å². The lowest BCUT2D eigenvalue weighted by Gasteiger charge is -2.21. The van der Waals surface area contributed by atoms with E-state index in [0.717, 1.165) is 29.7 Å². The first-order valence-corrected chi connectivity index (χ1v) is 8.75.